The molecule has 0 radical (unpaired) electrons. The van der Waals surface area contributed by atoms with Crippen molar-refractivity contribution in [1.29, 1.82) is 0 Å². The van der Waals surface area contributed by atoms with Crippen molar-refractivity contribution in [3.8, 4) is 0 Å². The number of carboxylic acid groups (broad SMARTS) is 1. The zero-order valence-electron chi connectivity index (χ0n) is 8.66. The van der Waals surface area contributed by atoms with E-state index in [0.29, 0.717) is 11.7 Å². The van der Waals surface area contributed by atoms with E-state index < -0.39 is 21.5 Å². The molecule has 0 aromatic carbocycles. The van der Waals surface area contributed by atoms with Crippen molar-refractivity contribution in [2.45, 2.75) is 38.9 Å². The van der Waals surface area contributed by atoms with Gasteiger partial charge in [-0.15, -0.1) is 0 Å². The van der Waals surface area contributed by atoms with E-state index >= 15 is 0 Å². The van der Waals surface area contributed by atoms with Gasteiger partial charge >= 0.3 is 5.97 Å². The highest BCUT2D eigenvalue weighted by Crippen LogP contribution is 2.15. The third kappa shape index (κ3) is 3.89. The van der Waals surface area contributed by atoms with Gasteiger partial charge in [-0.3, -0.25) is 9.00 Å². The Morgan fingerprint density at radius 3 is 2.23 bits per heavy atom. The van der Waals surface area contributed by atoms with Gasteiger partial charge in [0, 0.05) is 16.6 Å². The fraction of sp³-hybridized carbons (Fsp3) is 0.889. The lowest BCUT2D eigenvalue weighted by Gasteiger charge is -2.18. The first kappa shape index (κ1) is 12.6. The van der Waals surface area contributed by atoms with Crippen LogP contribution in [0.25, 0.3) is 0 Å². The smallest absolute Gasteiger partial charge is 0.321 e. The van der Waals surface area contributed by atoms with Crippen LogP contribution in [-0.2, 0) is 15.6 Å². The van der Waals surface area contributed by atoms with Crippen molar-refractivity contribution in [3.05, 3.63) is 0 Å². The molecule has 1 atom stereocenters. The van der Waals surface area contributed by atoms with Crippen LogP contribution >= 0.6 is 0 Å². The first-order chi connectivity index (χ1) is 5.78. The minimum absolute atomic E-state index is 0.466. The Kier molecular flexibility index (Phi) is 4.61. The normalized spacial score (nSPS) is 14.5. The molecule has 0 saturated carbocycles. The molecule has 0 bridgehead atoms. The van der Waals surface area contributed by atoms with Crippen LogP contribution in [0.4, 0.5) is 0 Å². The van der Waals surface area contributed by atoms with Crippen molar-refractivity contribution in [1.82, 2.24) is 0 Å². The van der Waals surface area contributed by atoms with Gasteiger partial charge in [-0.25, -0.2) is 0 Å². The lowest BCUT2D eigenvalue weighted by atomic mass is 10.2. The first-order valence-electron chi connectivity index (χ1n) is 4.40. The molecule has 0 saturated heterocycles. The van der Waals surface area contributed by atoms with E-state index in [1.165, 1.54) is 13.8 Å². The number of carboxylic acids is 1. The average molecular weight is 206 g/mol. The predicted octanol–water partition coefficient (Wildman–Crippen LogP) is 1.64. The van der Waals surface area contributed by atoms with Gasteiger partial charge in [-0.05, 0) is 26.2 Å². The zero-order chi connectivity index (χ0) is 10.6. The van der Waals surface area contributed by atoms with Crippen LogP contribution in [0.5, 0.6) is 0 Å². The number of hydrogen-bond acceptors (Lipinski definition) is 2. The fourth-order valence-electron chi connectivity index (χ4n) is 0.695. The maximum atomic E-state index is 11.5. The van der Waals surface area contributed by atoms with E-state index in [-0.39, 0.29) is 0 Å². The fourth-order valence-corrected chi connectivity index (χ4v) is 2.09. The standard InChI is InChI=1S/C9H18O3S/c1-7(2)5-6-13(12)9(3,4)8(10)11/h7H,5-6H2,1-4H3,(H,10,11). The van der Waals surface area contributed by atoms with Gasteiger partial charge in [0.2, 0.25) is 0 Å². The van der Waals surface area contributed by atoms with Crippen LogP contribution in [-0.4, -0.2) is 25.8 Å². The summed E-state index contributed by atoms with van der Waals surface area (Å²) >= 11 is 0. The molecule has 0 fully saturated rings. The van der Waals surface area contributed by atoms with E-state index in [9.17, 15) is 9.00 Å². The van der Waals surface area contributed by atoms with E-state index in [1.54, 1.807) is 0 Å². The van der Waals surface area contributed by atoms with Crippen LogP contribution in [0, 0.1) is 5.92 Å². The first-order valence-corrected chi connectivity index (χ1v) is 5.72. The largest absolute Gasteiger partial charge is 0.480 e. The SMILES string of the molecule is CC(C)CCS(=O)C(C)(C)C(=O)O. The summed E-state index contributed by atoms with van der Waals surface area (Å²) in [5.74, 6) is -0.0557. The predicted molar refractivity (Wildman–Crippen MR) is 54.2 cm³/mol. The van der Waals surface area contributed by atoms with Gasteiger partial charge in [0.05, 0.1) is 0 Å². The molecule has 4 heteroatoms. The average Bonchev–Trinajstić information content (AvgIpc) is 1.99. The second kappa shape index (κ2) is 4.74. The highest BCUT2D eigenvalue weighted by molar-refractivity contribution is 7.87. The Balaban J connectivity index is 4.18. The summed E-state index contributed by atoms with van der Waals surface area (Å²) in [5.41, 5.74) is 0. The lowest BCUT2D eigenvalue weighted by Crippen LogP contribution is -2.37. The Morgan fingerprint density at radius 1 is 1.46 bits per heavy atom. The van der Waals surface area contributed by atoms with Gasteiger partial charge in [-0.2, -0.15) is 0 Å². The van der Waals surface area contributed by atoms with E-state index in [0.717, 1.165) is 6.42 Å². The summed E-state index contributed by atoms with van der Waals surface area (Å²) < 4.78 is 10.4. The molecule has 0 heterocycles. The molecule has 3 nitrogen and oxygen atoms in total. The molecular weight excluding hydrogens is 188 g/mol. The van der Waals surface area contributed by atoms with Crippen LogP contribution in [0.2, 0.25) is 0 Å². The Morgan fingerprint density at radius 2 is 1.92 bits per heavy atom. The van der Waals surface area contributed by atoms with Gasteiger partial charge in [0.1, 0.15) is 4.75 Å². The molecule has 1 unspecified atom stereocenters. The van der Waals surface area contributed by atoms with Gasteiger partial charge in [-0.1, -0.05) is 13.8 Å². The molecule has 0 aromatic rings. The third-order valence-corrected chi connectivity index (χ3v) is 3.88. The summed E-state index contributed by atoms with van der Waals surface area (Å²) in [4.78, 5) is 10.7. The maximum absolute atomic E-state index is 11.5. The third-order valence-electron chi connectivity index (χ3n) is 1.96. The lowest BCUT2D eigenvalue weighted by molar-refractivity contribution is -0.139. The van der Waals surface area contributed by atoms with Gasteiger partial charge < -0.3 is 5.11 Å². The molecule has 0 aromatic heterocycles. The molecular formula is C9H18O3S. The highest BCUT2D eigenvalue weighted by Gasteiger charge is 2.33. The number of carbonyl (C=O) groups is 1. The van der Waals surface area contributed by atoms with Gasteiger partial charge in [0.15, 0.2) is 0 Å². The summed E-state index contributed by atoms with van der Waals surface area (Å²) in [6.07, 6.45) is 0.809. The monoisotopic (exact) mass is 206 g/mol. The molecule has 0 amide bonds. The molecule has 78 valence electrons. The van der Waals surface area contributed by atoms with Crippen LogP contribution < -0.4 is 0 Å². The van der Waals surface area contributed by atoms with E-state index in [4.69, 9.17) is 5.11 Å². The summed E-state index contributed by atoms with van der Waals surface area (Å²) in [6, 6.07) is 0. The van der Waals surface area contributed by atoms with E-state index in [2.05, 4.69) is 0 Å². The van der Waals surface area contributed by atoms with Crippen LogP contribution in [0.3, 0.4) is 0 Å². The second-order valence-corrected chi connectivity index (χ2v) is 6.17. The summed E-state index contributed by atoms with van der Waals surface area (Å²) in [6.45, 7) is 7.08. The van der Waals surface area contributed by atoms with Crippen molar-refractivity contribution in [3.63, 3.8) is 0 Å². The minimum atomic E-state index is -1.28. The Hall–Kier alpha value is -0.380. The van der Waals surface area contributed by atoms with Crippen molar-refractivity contribution in [2.75, 3.05) is 5.75 Å². The Labute approximate surface area is 82.0 Å². The highest BCUT2D eigenvalue weighted by atomic mass is 32.2. The molecule has 13 heavy (non-hydrogen) atoms. The van der Waals surface area contributed by atoms with E-state index in [1.807, 2.05) is 13.8 Å². The molecule has 0 rings (SSSR count). The maximum Gasteiger partial charge on any atom is 0.321 e. The number of hydrogen-bond donors (Lipinski definition) is 1. The molecule has 1 N–H and O–H groups in total. The van der Waals surface area contributed by atoms with Crippen molar-refractivity contribution in [2.24, 2.45) is 5.92 Å². The molecule has 0 spiro atoms. The van der Waals surface area contributed by atoms with Crippen LogP contribution in [0.15, 0.2) is 0 Å². The topological polar surface area (TPSA) is 54.4 Å². The zero-order valence-corrected chi connectivity index (χ0v) is 9.48. The minimum Gasteiger partial charge on any atom is -0.480 e. The molecule has 0 aliphatic heterocycles. The number of rotatable bonds is 5. The Bertz CT molecular complexity index is 209. The van der Waals surface area contributed by atoms with Crippen molar-refractivity contribution >= 4 is 16.8 Å². The van der Waals surface area contributed by atoms with Gasteiger partial charge in [0.25, 0.3) is 0 Å². The second-order valence-electron chi connectivity index (χ2n) is 4.05. The molecule has 0 aliphatic rings. The van der Waals surface area contributed by atoms with Crippen LogP contribution in [0.1, 0.15) is 34.1 Å². The number of aliphatic carboxylic acids is 1. The molecule has 0 aliphatic carbocycles. The summed E-state index contributed by atoms with van der Waals surface area (Å²) in [5, 5.41) is 8.78. The van der Waals surface area contributed by atoms with Crippen molar-refractivity contribution < 1.29 is 14.1 Å². The quantitative estimate of drug-likeness (QED) is 0.744. The summed E-state index contributed by atoms with van der Waals surface area (Å²) in [7, 11) is -1.28.